The van der Waals surface area contributed by atoms with Crippen LogP contribution in [-0.4, -0.2) is 30.1 Å². The number of hydrogen-bond acceptors (Lipinski definition) is 4. The molecule has 0 spiro atoms. The fraction of sp³-hybridized carbons (Fsp3) is 0.538. The highest BCUT2D eigenvalue weighted by Gasteiger charge is 2.13. The molecule has 1 saturated heterocycles. The highest BCUT2D eigenvalue weighted by Crippen LogP contribution is 2.10. The molecule has 0 aromatic carbocycles. The lowest BCUT2D eigenvalue weighted by atomic mass is 10.0. The molecule has 4 heteroatoms. The van der Waals surface area contributed by atoms with Crippen LogP contribution in [0.4, 0.5) is 0 Å². The third kappa shape index (κ3) is 3.82. The predicted octanol–water partition coefficient (Wildman–Crippen LogP) is 1.77. The van der Waals surface area contributed by atoms with Crippen LogP contribution in [0.1, 0.15) is 36.0 Å². The molecule has 0 bridgehead atoms. The lowest BCUT2D eigenvalue weighted by molar-refractivity contribution is 0.0485. The Morgan fingerprint density at radius 1 is 1.53 bits per heavy atom. The summed E-state index contributed by atoms with van der Waals surface area (Å²) in [6.45, 7) is 1.56. The highest BCUT2D eigenvalue weighted by molar-refractivity contribution is 5.88. The van der Waals surface area contributed by atoms with Crippen LogP contribution in [0.5, 0.6) is 0 Å². The monoisotopic (exact) mass is 234 g/mol. The van der Waals surface area contributed by atoms with Crippen molar-refractivity contribution in [2.24, 2.45) is 0 Å². The Labute approximate surface area is 101 Å². The van der Waals surface area contributed by atoms with Gasteiger partial charge < -0.3 is 10.1 Å². The molecule has 1 aromatic heterocycles. The van der Waals surface area contributed by atoms with E-state index in [1.807, 2.05) is 0 Å². The zero-order valence-corrected chi connectivity index (χ0v) is 9.89. The van der Waals surface area contributed by atoms with Crippen molar-refractivity contribution in [3.8, 4) is 0 Å². The fourth-order valence-corrected chi connectivity index (χ4v) is 2.03. The van der Waals surface area contributed by atoms with Crippen LogP contribution in [0.2, 0.25) is 0 Å². The summed E-state index contributed by atoms with van der Waals surface area (Å²) in [5.41, 5.74) is 0.518. The quantitative estimate of drug-likeness (QED) is 0.807. The first-order valence-corrected chi connectivity index (χ1v) is 6.17. The summed E-state index contributed by atoms with van der Waals surface area (Å²) in [7, 11) is 0. The lowest BCUT2D eigenvalue weighted by Gasteiger charge is -2.23. The zero-order chi connectivity index (χ0) is 11.9. The number of nitrogens with zero attached hydrogens (tertiary/aromatic N) is 1. The molecule has 1 atom stereocenters. The van der Waals surface area contributed by atoms with E-state index in [4.69, 9.17) is 4.74 Å². The first-order valence-electron chi connectivity index (χ1n) is 6.17. The van der Waals surface area contributed by atoms with Crippen LogP contribution in [0, 0.1) is 0 Å². The summed E-state index contributed by atoms with van der Waals surface area (Å²) < 4.78 is 5.21. The molecule has 17 heavy (non-hydrogen) atoms. The van der Waals surface area contributed by atoms with Crippen molar-refractivity contribution < 1.29 is 9.53 Å². The van der Waals surface area contributed by atoms with Gasteiger partial charge in [0, 0.05) is 18.4 Å². The van der Waals surface area contributed by atoms with Gasteiger partial charge in [0.15, 0.2) is 0 Å². The van der Waals surface area contributed by atoms with E-state index in [2.05, 4.69) is 10.3 Å². The smallest absolute Gasteiger partial charge is 0.339 e. The van der Waals surface area contributed by atoms with Crippen molar-refractivity contribution in [1.82, 2.24) is 10.3 Å². The van der Waals surface area contributed by atoms with Crippen LogP contribution in [0.15, 0.2) is 24.5 Å². The number of esters is 1. The SMILES string of the molecule is O=C(OCC[C@@H]1CCCCN1)c1cccnc1. The number of aromatic nitrogens is 1. The summed E-state index contributed by atoms with van der Waals surface area (Å²) in [4.78, 5) is 15.5. The van der Waals surface area contributed by atoms with Gasteiger partial charge in [0.05, 0.1) is 12.2 Å². The van der Waals surface area contributed by atoms with Crippen molar-refractivity contribution in [3.05, 3.63) is 30.1 Å². The largest absolute Gasteiger partial charge is 0.462 e. The van der Waals surface area contributed by atoms with E-state index < -0.39 is 0 Å². The molecule has 1 aromatic rings. The lowest BCUT2D eigenvalue weighted by Crippen LogP contribution is -2.35. The summed E-state index contributed by atoms with van der Waals surface area (Å²) >= 11 is 0. The maximum atomic E-state index is 11.6. The van der Waals surface area contributed by atoms with E-state index in [9.17, 15) is 4.79 Å². The molecule has 2 heterocycles. The molecule has 2 rings (SSSR count). The minimum absolute atomic E-state index is 0.283. The Kier molecular flexibility index (Phi) is 4.50. The molecular weight excluding hydrogens is 216 g/mol. The minimum Gasteiger partial charge on any atom is -0.462 e. The van der Waals surface area contributed by atoms with Gasteiger partial charge >= 0.3 is 5.97 Å². The van der Waals surface area contributed by atoms with E-state index in [1.54, 1.807) is 18.3 Å². The second-order valence-corrected chi connectivity index (χ2v) is 4.31. The molecule has 1 aliphatic heterocycles. The standard InChI is InChI=1S/C13H18N2O2/c16-13(11-4-3-7-14-10-11)17-9-6-12-5-1-2-8-15-12/h3-4,7,10,12,15H,1-2,5-6,8-9H2/t12-/m0/s1. The number of hydrogen-bond donors (Lipinski definition) is 1. The third-order valence-electron chi connectivity index (χ3n) is 3.01. The molecule has 0 aliphatic carbocycles. The van der Waals surface area contributed by atoms with Crippen LogP contribution in [0.3, 0.4) is 0 Å². The molecule has 0 amide bonds. The van der Waals surface area contributed by atoms with Crippen LogP contribution >= 0.6 is 0 Å². The van der Waals surface area contributed by atoms with Gasteiger partial charge in [-0.05, 0) is 37.9 Å². The van der Waals surface area contributed by atoms with E-state index in [0.29, 0.717) is 18.2 Å². The van der Waals surface area contributed by atoms with Gasteiger partial charge in [-0.2, -0.15) is 0 Å². The molecule has 0 saturated carbocycles. The molecule has 0 radical (unpaired) electrons. The van der Waals surface area contributed by atoms with Gasteiger partial charge in [-0.1, -0.05) is 6.42 Å². The van der Waals surface area contributed by atoms with Crippen molar-refractivity contribution in [2.45, 2.75) is 31.7 Å². The molecule has 1 N–H and O–H groups in total. The zero-order valence-electron chi connectivity index (χ0n) is 9.89. The average Bonchev–Trinajstić information content (AvgIpc) is 2.41. The Morgan fingerprint density at radius 3 is 3.18 bits per heavy atom. The Balaban J connectivity index is 1.69. The second kappa shape index (κ2) is 6.35. The highest BCUT2D eigenvalue weighted by atomic mass is 16.5. The second-order valence-electron chi connectivity index (χ2n) is 4.31. The Hall–Kier alpha value is -1.42. The summed E-state index contributed by atoms with van der Waals surface area (Å²) in [6.07, 6.45) is 7.78. The Bertz CT molecular complexity index is 348. The topological polar surface area (TPSA) is 51.2 Å². The summed E-state index contributed by atoms with van der Waals surface area (Å²) in [5, 5.41) is 3.43. The molecular formula is C13H18N2O2. The third-order valence-corrected chi connectivity index (χ3v) is 3.01. The van der Waals surface area contributed by atoms with Gasteiger partial charge in [-0.15, -0.1) is 0 Å². The van der Waals surface area contributed by atoms with Gasteiger partial charge in [-0.25, -0.2) is 4.79 Å². The first-order chi connectivity index (χ1) is 8.36. The molecule has 4 nitrogen and oxygen atoms in total. The van der Waals surface area contributed by atoms with E-state index in [1.165, 1.54) is 25.5 Å². The number of carbonyl (C=O) groups excluding carboxylic acids is 1. The van der Waals surface area contributed by atoms with Crippen molar-refractivity contribution in [3.63, 3.8) is 0 Å². The minimum atomic E-state index is -0.283. The number of nitrogens with one attached hydrogen (secondary N) is 1. The van der Waals surface area contributed by atoms with Crippen LogP contribution in [0.25, 0.3) is 0 Å². The average molecular weight is 234 g/mol. The molecule has 92 valence electrons. The van der Waals surface area contributed by atoms with Crippen molar-refractivity contribution >= 4 is 5.97 Å². The van der Waals surface area contributed by atoms with Gasteiger partial charge in [-0.3, -0.25) is 4.98 Å². The molecule has 1 aliphatic rings. The van der Waals surface area contributed by atoms with Gasteiger partial charge in [0.25, 0.3) is 0 Å². The van der Waals surface area contributed by atoms with Crippen LogP contribution < -0.4 is 5.32 Å². The van der Waals surface area contributed by atoms with E-state index in [0.717, 1.165) is 13.0 Å². The predicted molar refractivity (Wildman–Crippen MR) is 64.8 cm³/mol. The Morgan fingerprint density at radius 2 is 2.47 bits per heavy atom. The number of rotatable bonds is 4. The molecule has 0 unspecified atom stereocenters. The van der Waals surface area contributed by atoms with E-state index >= 15 is 0 Å². The maximum absolute atomic E-state index is 11.6. The first kappa shape index (κ1) is 12.0. The number of pyridine rings is 1. The normalized spacial score (nSPS) is 19.9. The molecule has 1 fully saturated rings. The fourth-order valence-electron chi connectivity index (χ4n) is 2.03. The number of carbonyl (C=O) groups is 1. The summed E-state index contributed by atoms with van der Waals surface area (Å²) in [5.74, 6) is -0.283. The number of piperidine rings is 1. The van der Waals surface area contributed by atoms with Crippen molar-refractivity contribution in [1.29, 1.82) is 0 Å². The van der Waals surface area contributed by atoms with Gasteiger partial charge in [0.2, 0.25) is 0 Å². The van der Waals surface area contributed by atoms with Crippen molar-refractivity contribution in [2.75, 3.05) is 13.2 Å². The maximum Gasteiger partial charge on any atom is 0.339 e. The van der Waals surface area contributed by atoms with E-state index in [-0.39, 0.29) is 5.97 Å². The van der Waals surface area contributed by atoms with Crippen LogP contribution in [-0.2, 0) is 4.74 Å². The number of ether oxygens (including phenoxy) is 1. The van der Waals surface area contributed by atoms with Gasteiger partial charge in [0.1, 0.15) is 0 Å². The summed E-state index contributed by atoms with van der Waals surface area (Å²) in [6, 6.07) is 3.96.